The average Bonchev–Trinajstić information content (AvgIpc) is 2.37. The van der Waals surface area contributed by atoms with Gasteiger partial charge in [0.15, 0.2) is 0 Å². The molecule has 1 unspecified atom stereocenters. The Morgan fingerprint density at radius 2 is 2.67 bits per heavy atom. The van der Waals surface area contributed by atoms with E-state index in [4.69, 9.17) is 9.84 Å². The van der Waals surface area contributed by atoms with Gasteiger partial charge < -0.3 is 9.84 Å². The van der Waals surface area contributed by atoms with Gasteiger partial charge in [0.1, 0.15) is 12.2 Å². The first-order valence-corrected chi connectivity index (χ1v) is 2.93. The largest absolute Gasteiger partial charge is 0.386 e. The lowest BCUT2D eigenvalue weighted by atomic mass is 10.2. The molecule has 2 nitrogen and oxygen atoms in total. The summed E-state index contributed by atoms with van der Waals surface area (Å²) in [5.74, 6) is 0. The Morgan fingerprint density at radius 1 is 1.89 bits per heavy atom. The maximum absolute atomic E-state index is 9.06. The summed E-state index contributed by atoms with van der Waals surface area (Å²) in [5, 5.41) is 9.06. The van der Waals surface area contributed by atoms with Crippen molar-refractivity contribution in [3.05, 3.63) is 24.8 Å². The van der Waals surface area contributed by atoms with Crippen molar-refractivity contribution >= 4 is 0 Å². The molecule has 0 aromatic rings. The zero-order valence-electron chi connectivity index (χ0n) is 5.16. The third kappa shape index (κ3) is 1.40. The number of hydrogen-bond donors (Lipinski definition) is 1. The van der Waals surface area contributed by atoms with Gasteiger partial charge in [-0.05, 0) is 0 Å². The minimum atomic E-state index is -0.552. The lowest BCUT2D eigenvalue weighted by Gasteiger charge is -2.10. The van der Waals surface area contributed by atoms with Crippen LogP contribution in [0.15, 0.2) is 24.8 Å². The molecule has 0 bridgehead atoms. The van der Waals surface area contributed by atoms with Gasteiger partial charge in [-0.25, -0.2) is 0 Å². The van der Waals surface area contributed by atoms with E-state index >= 15 is 0 Å². The average molecular weight is 126 g/mol. The quantitative estimate of drug-likeness (QED) is 0.545. The first-order chi connectivity index (χ1) is 4.34. The smallest absolute Gasteiger partial charge is 0.106 e. The molecular weight excluding hydrogens is 116 g/mol. The zero-order chi connectivity index (χ0) is 6.69. The number of rotatable bonds is 2. The molecule has 2 atom stereocenters. The standard InChI is InChI=1S/C7H10O2/c1-2-6(8)7-4-3-5-9-7/h2-4,6-8H,1,5H2/t6-,7?/m1/s1. The van der Waals surface area contributed by atoms with Crippen LogP contribution in [0.3, 0.4) is 0 Å². The normalized spacial score (nSPS) is 28.3. The maximum atomic E-state index is 9.06. The van der Waals surface area contributed by atoms with Crippen LogP contribution in [0.4, 0.5) is 0 Å². The molecule has 0 aromatic carbocycles. The molecule has 9 heavy (non-hydrogen) atoms. The highest BCUT2D eigenvalue weighted by atomic mass is 16.5. The third-order valence-corrected chi connectivity index (χ3v) is 1.29. The highest BCUT2D eigenvalue weighted by molar-refractivity contribution is 5.03. The minimum absolute atomic E-state index is 0.164. The summed E-state index contributed by atoms with van der Waals surface area (Å²) in [6.07, 6.45) is 4.48. The molecule has 0 spiro atoms. The number of aliphatic hydroxyl groups excluding tert-OH is 1. The van der Waals surface area contributed by atoms with Gasteiger partial charge >= 0.3 is 0 Å². The first-order valence-electron chi connectivity index (χ1n) is 2.93. The summed E-state index contributed by atoms with van der Waals surface area (Å²) < 4.78 is 5.07. The van der Waals surface area contributed by atoms with E-state index in [-0.39, 0.29) is 6.10 Å². The fourth-order valence-electron chi connectivity index (χ4n) is 0.758. The van der Waals surface area contributed by atoms with E-state index in [1.165, 1.54) is 6.08 Å². The van der Waals surface area contributed by atoms with E-state index in [0.29, 0.717) is 6.61 Å². The molecule has 0 amide bonds. The van der Waals surface area contributed by atoms with E-state index in [1.54, 1.807) is 0 Å². The van der Waals surface area contributed by atoms with Gasteiger partial charge in [0, 0.05) is 0 Å². The second-order valence-corrected chi connectivity index (χ2v) is 1.95. The molecule has 0 saturated carbocycles. The second-order valence-electron chi connectivity index (χ2n) is 1.95. The van der Waals surface area contributed by atoms with Gasteiger partial charge in [0.2, 0.25) is 0 Å². The van der Waals surface area contributed by atoms with Crippen LogP contribution in [-0.2, 0) is 4.74 Å². The van der Waals surface area contributed by atoms with Crippen molar-refractivity contribution in [2.75, 3.05) is 6.61 Å². The van der Waals surface area contributed by atoms with Crippen LogP contribution in [0.5, 0.6) is 0 Å². The van der Waals surface area contributed by atoms with Gasteiger partial charge in [0.25, 0.3) is 0 Å². The van der Waals surface area contributed by atoms with E-state index in [1.807, 2.05) is 12.2 Å². The topological polar surface area (TPSA) is 29.5 Å². The van der Waals surface area contributed by atoms with E-state index < -0.39 is 6.10 Å². The van der Waals surface area contributed by atoms with Crippen LogP contribution in [0.2, 0.25) is 0 Å². The van der Waals surface area contributed by atoms with Crippen molar-refractivity contribution < 1.29 is 9.84 Å². The Balaban J connectivity index is 2.42. The molecule has 0 aromatic heterocycles. The fourth-order valence-corrected chi connectivity index (χ4v) is 0.758. The molecule has 0 saturated heterocycles. The molecule has 2 heteroatoms. The minimum Gasteiger partial charge on any atom is -0.386 e. The molecular formula is C7H10O2. The summed E-state index contributed by atoms with van der Waals surface area (Å²) in [5.41, 5.74) is 0. The first kappa shape index (κ1) is 6.52. The Hall–Kier alpha value is -0.600. The van der Waals surface area contributed by atoms with E-state index in [9.17, 15) is 0 Å². The van der Waals surface area contributed by atoms with Crippen molar-refractivity contribution in [3.63, 3.8) is 0 Å². The predicted molar refractivity (Wildman–Crippen MR) is 35.1 cm³/mol. The molecule has 0 aliphatic carbocycles. The summed E-state index contributed by atoms with van der Waals surface area (Å²) in [7, 11) is 0. The van der Waals surface area contributed by atoms with Crippen LogP contribution in [0.25, 0.3) is 0 Å². The Kier molecular flexibility index (Phi) is 2.03. The summed E-state index contributed by atoms with van der Waals surface area (Å²) in [6, 6.07) is 0. The van der Waals surface area contributed by atoms with Crippen LogP contribution in [-0.4, -0.2) is 23.9 Å². The van der Waals surface area contributed by atoms with E-state index in [0.717, 1.165) is 0 Å². The van der Waals surface area contributed by atoms with Crippen LogP contribution in [0.1, 0.15) is 0 Å². The molecule has 1 aliphatic rings. The van der Waals surface area contributed by atoms with Gasteiger partial charge in [-0.3, -0.25) is 0 Å². The molecule has 1 aliphatic heterocycles. The Morgan fingerprint density at radius 3 is 3.11 bits per heavy atom. The molecule has 0 radical (unpaired) electrons. The van der Waals surface area contributed by atoms with Crippen molar-refractivity contribution in [3.8, 4) is 0 Å². The SMILES string of the molecule is C=C[C@@H](O)C1C=CCO1. The van der Waals surface area contributed by atoms with E-state index in [2.05, 4.69) is 6.58 Å². The third-order valence-electron chi connectivity index (χ3n) is 1.29. The molecule has 1 rings (SSSR count). The van der Waals surface area contributed by atoms with Crippen LogP contribution < -0.4 is 0 Å². The van der Waals surface area contributed by atoms with Crippen LogP contribution in [0, 0.1) is 0 Å². The Labute approximate surface area is 54.5 Å². The van der Waals surface area contributed by atoms with Crippen molar-refractivity contribution in [1.29, 1.82) is 0 Å². The second kappa shape index (κ2) is 2.80. The lowest BCUT2D eigenvalue weighted by Crippen LogP contribution is -2.21. The lowest BCUT2D eigenvalue weighted by molar-refractivity contribution is 0.0382. The number of ether oxygens (including phenoxy) is 1. The number of hydrogen-bond acceptors (Lipinski definition) is 2. The summed E-state index contributed by atoms with van der Waals surface area (Å²) in [6.45, 7) is 4.05. The molecule has 1 N–H and O–H groups in total. The van der Waals surface area contributed by atoms with Gasteiger partial charge in [-0.15, -0.1) is 6.58 Å². The predicted octanol–water partition coefficient (Wildman–Crippen LogP) is 0.488. The molecule has 0 fully saturated rings. The van der Waals surface area contributed by atoms with Crippen molar-refractivity contribution in [1.82, 2.24) is 0 Å². The van der Waals surface area contributed by atoms with Crippen molar-refractivity contribution in [2.45, 2.75) is 12.2 Å². The monoisotopic (exact) mass is 126 g/mol. The van der Waals surface area contributed by atoms with Gasteiger partial charge in [0.05, 0.1) is 6.61 Å². The highest BCUT2D eigenvalue weighted by Crippen LogP contribution is 2.07. The number of aliphatic hydroxyl groups is 1. The molecule has 1 heterocycles. The zero-order valence-corrected chi connectivity index (χ0v) is 5.16. The fraction of sp³-hybridized carbons (Fsp3) is 0.429. The van der Waals surface area contributed by atoms with Gasteiger partial charge in [-0.2, -0.15) is 0 Å². The maximum Gasteiger partial charge on any atom is 0.106 e. The van der Waals surface area contributed by atoms with Gasteiger partial charge in [-0.1, -0.05) is 18.2 Å². The Bertz CT molecular complexity index is 129. The summed E-state index contributed by atoms with van der Waals surface area (Å²) >= 11 is 0. The highest BCUT2D eigenvalue weighted by Gasteiger charge is 2.15. The summed E-state index contributed by atoms with van der Waals surface area (Å²) in [4.78, 5) is 0. The van der Waals surface area contributed by atoms with Crippen molar-refractivity contribution in [2.24, 2.45) is 0 Å². The van der Waals surface area contributed by atoms with Crippen LogP contribution >= 0.6 is 0 Å². The molecule has 50 valence electrons.